The summed E-state index contributed by atoms with van der Waals surface area (Å²) in [6.45, 7) is 4.03. The third kappa shape index (κ3) is 2.33. The molecule has 3 nitrogen and oxygen atoms in total. The fraction of sp³-hybridized carbons (Fsp3) is 0.556. The first-order chi connectivity index (χ1) is 6.49. The molecule has 1 rings (SSSR count). The molecule has 0 radical (unpaired) electrons. The smallest absolute Gasteiger partial charge is 0.265 e. The van der Waals surface area contributed by atoms with Crippen molar-refractivity contribution >= 4 is 33.2 Å². The molecule has 0 atom stereocenters. The summed E-state index contributed by atoms with van der Waals surface area (Å²) in [5, 5.41) is 0.751. The van der Waals surface area contributed by atoms with Crippen LogP contribution in [0, 0.1) is 0 Å². The van der Waals surface area contributed by atoms with Crippen LogP contribution in [0.3, 0.4) is 0 Å². The number of nitrogens with zero attached hydrogens (tertiary/aromatic N) is 2. The number of rotatable bonds is 3. The molecule has 78 valence electrons. The van der Waals surface area contributed by atoms with E-state index in [1.165, 1.54) is 11.3 Å². The van der Waals surface area contributed by atoms with E-state index in [1.807, 2.05) is 20.9 Å². The van der Waals surface area contributed by atoms with E-state index in [9.17, 15) is 4.79 Å². The van der Waals surface area contributed by atoms with E-state index < -0.39 is 0 Å². The van der Waals surface area contributed by atoms with Gasteiger partial charge in [0.15, 0.2) is 0 Å². The number of thiazole rings is 1. The Hall–Kier alpha value is -0.420. The number of hydrogen-bond donors (Lipinski definition) is 0. The van der Waals surface area contributed by atoms with Gasteiger partial charge >= 0.3 is 0 Å². The summed E-state index contributed by atoms with van der Waals surface area (Å²) in [6, 6.07) is 0. The fourth-order valence-corrected chi connectivity index (χ4v) is 1.82. The molecule has 0 aromatic carbocycles. The molecule has 1 aromatic rings. The highest BCUT2D eigenvalue weighted by Gasteiger charge is 2.27. The molecule has 0 unspecified atom stereocenters. The quantitative estimate of drug-likeness (QED) is 0.795. The highest BCUT2D eigenvalue weighted by Crippen LogP contribution is 2.19. The fourth-order valence-electron chi connectivity index (χ4n) is 0.851. The van der Waals surface area contributed by atoms with Crippen LogP contribution >= 0.6 is 27.3 Å². The largest absolute Gasteiger partial charge is 0.335 e. The van der Waals surface area contributed by atoms with Crippen LogP contribution in [-0.4, -0.2) is 33.7 Å². The van der Waals surface area contributed by atoms with Crippen LogP contribution in [0.4, 0.5) is 0 Å². The SMILES string of the molecule is CN(C(=O)c1cncs1)C(C)(C)CBr. The van der Waals surface area contributed by atoms with Gasteiger partial charge in [0.05, 0.1) is 11.7 Å². The van der Waals surface area contributed by atoms with Crippen LogP contribution in [0.15, 0.2) is 11.7 Å². The average molecular weight is 277 g/mol. The molecule has 0 bridgehead atoms. The van der Waals surface area contributed by atoms with Crippen molar-refractivity contribution in [2.45, 2.75) is 19.4 Å². The molecule has 0 aliphatic rings. The van der Waals surface area contributed by atoms with Crippen LogP contribution in [0.25, 0.3) is 0 Å². The van der Waals surface area contributed by atoms with Crippen LogP contribution < -0.4 is 0 Å². The van der Waals surface area contributed by atoms with Gasteiger partial charge in [-0.25, -0.2) is 0 Å². The van der Waals surface area contributed by atoms with Gasteiger partial charge in [-0.15, -0.1) is 11.3 Å². The number of halogens is 1. The first kappa shape index (κ1) is 11.7. The van der Waals surface area contributed by atoms with E-state index >= 15 is 0 Å². The number of amides is 1. The van der Waals surface area contributed by atoms with Crippen molar-refractivity contribution in [3.63, 3.8) is 0 Å². The molecule has 0 aliphatic carbocycles. The first-order valence-electron chi connectivity index (χ1n) is 4.21. The lowest BCUT2D eigenvalue weighted by Gasteiger charge is -2.33. The zero-order valence-electron chi connectivity index (χ0n) is 8.45. The first-order valence-corrected chi connectivity index (χ1v) is 6.22. The lowest BCUT2D eigenvalue weighted by Crippen LogP contribution is -2.46. The average Bonchev–Trinajstić information content (AvgIpc) is 2.68. The maximum Gasteiger partial charge on any atom is 0.265 e. The van der Waals surface area contributed by atoms with Gasteiger partial charge in [-0.05, 0) is 13.8 Å². The van der Waals surface area contributed by atoms with Crippen LogP contribution in [0.5, 0.6) is 0 Å². The molecule has 14 heavy (non-hydrogen) atoms. The molecule has 5 heteroatoms. The maximum absolute atomic E-state index is 11.9. The zero-order chi connectivity index (χ0) is 10.8. The molecule has 0 aliphatic heterocycles. The van der Waals surface area contributed by atoms with E-state index in [0.717, 1.165) is 5.33 Å². The van der Waals surface area contributed by atoms with Crippen molar-refractivity contribution in [1.82, 2.24) is 9.88 Å². The normalized spacial score (nSPS) is 11.4. The highest BCUT2D eigenvalue weighted by molar-refractivity contribution is 9.09. The second-order valence-electron chi connectivity index (χ2n) is 3.68. The summed E-state index contributed by atoms with van der Waals surface area (Å²) in [7, 11) is 1.81. The highest BCUT2D eigenvalue weighted by atomic mass is 79.9. The standard InChI is InChI=1S/C9H13BrN2OS/c1-9(2,5-10)12(3)8(13)7-4-11-6-14-7/h4,6H,5H2,1-3H3. The monoisotopic (exact) mass is 276 g/mol. The molecule has 0 saturated carbocycles. The predicted octanol–water partition coefficient (Wildman–Crippen LogP) is 2.39. The second-order valence-corrected chi connectivity index (χ2v) is 5.12. The summed E-state index contributed by atoms with van der Waals surface area (Å²) < 4.78 is 0. The Labute approximate surface area is 96.3 Å². The van der Waals surface area contributed by atoms with Crippen LogP contribution in [0.1, 0.15) is 23.5 Å². The number of aromatic nitrogens is 1. The minimum Gasteiger partial charge on any atom is -0.335 e. The Morgan fingerprint density at radius 3 is 2.79 bits per heavy atom. The summed E-state index contributed by atoms with van der Waals surface area (Å²) in [5.41, 5.74) is 1.49. The Morgan fingerprint density at radius 1 is 1.71 bits per heavy atom. The molecular weight excluding hydrogens is 264 g/mol. The Morgan fingerprint density at radius 2 is 2.36 bits per heavy atom. The van der Waals surface area contributed by atoms with Crippen molar-refractivity contribution in [3.05, 3.63) is 16.6 Å². The van der Waals surface area contributed by atoms with Crippen LogP contribution in [-0.2, 0) is 0 Å². The van der Waals surface area contributed by atoms with E-state index in [1.54, 1.807) is 16.6 Å². The van der Waals surface area contributed by atoms with Gasteiger partial charge < -0.3 is 4.90 Å². The van der Waals surface area contributed by atoms with Crippen molar-refractivity contribution in [1.29, 1.82) is 0 Å². The van der Waals surface area contributed by atoms with E-state index in [2.05, 4.69) is 20.9 Å². The van der Waals surface area contributed by atoms with E-state index in [-0.39, 0.29) is 11.4 Å². The minimum atomic E-state index is -0.179. The van der Waals surface area contributed by atoms with Crippen molar-refractivity contribution in [2.75, 3.05) is 12.4 Å². The summed E-state index contributed by atoms with van der Waals surface area (Å²) >= 11 is 4.77. The van der Waals surface area contributed by atoms with Crippen LogP contribution in [0.2, 0.25) is 0 Å². The van der Waals surface area contributed by atoms with Gasteiger partial charge in [0, 0.05) is 17.9 Å². The number of hydrogen-bond acceptors (Lipinski definition) is 3. The lowest BCUT2D eigenvalue weighted by atomic mass is 10.1. The molecule has 0 fully saturated rings. The van der Waals surface area contributed by atoms with Gasteiger partial charge in [-0.2, -0.15) is 0 Å². The summed E-state index contributed by atoms with van der Waals surface area (Å²) in [4.78, 5) is 18.2. The molecule has 1 aromatic heterocycles. The molecule has 0 N–H and O–H groups in total. The topological polar surface area (TPSA) is 33.2 Å². The Bertz CT molecular complexity index is 311. The molecule has 1 heterocycles. The lowest BCUT2D eigenvalue weighted by molar-refractivity contribution is 0.0668. The van der Waals surface area contributed by atoms with E-state index in [0.29, 0.717) is 4.88 Å². The number of alkyl halides is 1. The van der Waals surface area contributed by atoms with Gasteiger partial charge in [-0.3, -0.25) is 9.78 Å². The Balaban J connectivity index is 2.81. The van der Waals surface area contributed by atoms with Gasteiger partial charge in [0.25, 0.3) is 5.91 Å². The third-order valence-corrected chi connectivity index (χ3v) is 4.32. The third-order valence-electron chi connectivity index (χ3n) is 2.18. The van der Waals surface area contributed by atoms with Crippen molar-refractivity contribution in [3.8, 4) is 0 Å². The van der Waals surface area contributed by atoms with E-state index in [4.69, 9.17) is 0 Å². The second kappa shape index (κ2) is 4.40. The predicted molar refractivity (Wildman–Crippen MR) is 62.1 cm³/mol. The number of carbonyl (C=O) groups excluding carboxylic acids is 1. The Kier molecular flexibility index (Phi) is 3.66. The van der Waals surface area contributed by atoms with Crippen molar-refractivity contribution in [2.24, 2.45) is 0 Å². The molecule has 0 saturated heterocycles. The van der Waals surface area contributed by atoms with Gasteiger partial charge in [0.1, 0.15) is 4.88 Å². The van der Waals surface area contributed by atoms with Gasteiger partial charge in [0.2, 0.25) is 0 Å². The molecular formula is C9H13BrN2OS. The molecule has 0 spiro atoms. The number of carbonyl (C=O) groups is 1. The molecule has 1 amide bonds. The summed E-state index contributed by atoms with van der Waals surface area (Å²) in [6.07, 6.45) is 1.60. The van der Waals surface area contributed by atoms with Crippen molar-refractivity contribution < 1.29 is 4.79 Å². The summed E-state index contributed by atoms with van der Waals surface area (Å²) in [5.74, 6) is 0.0250. The van der Waals surface area contributed by atoms with Gasteiger partial charge in [-0.1, -0.05) is 15.9 Å². The zero-order valence-corrected chi connectivity index (χ0v) is 10.9. The maximum atomic E-state index is 11.9. The minimum absolute atomic E-state index is 0.0250.